The number of pyridine rings is 1. The van der Waals surface area contributed by atoms with Gasteiger partial charge in [-0.15, -0.1) is 0 Å². The van der Waals surface area contributed by atoms with Gasteiger partial charge in [0.2, 0.25) is 0 Å². The topological polar surface area (TPSA) is 12.9 Å². The summed E-state index contributed by atoms with van der Waals surface area (Å²) in [5.41, 5.74) is -2.04. The van der Waals surface area contributed by atoms with Gasteiger partial charge in [-0.2, -0.15) is 13.2 Å². The zero-order chi connectivity index (χ0) is 11.8. The summed E-state index contributed by atoms with van der Waals surface area (Å²) >= 11 is 3.94. The van der Waals surface area contributed by atoms with E-state index < -0.39 is 28.3 Å². The normalized spacial score (nSPS) is 12.3. The summed E-state index contributed by atoms with van der Waals surface area (Å²) in [4.78, 5) is 3.17. The first-order valence-electron chi connectivity index (χ1n) is 3.44. The summed E-state index contributed by atoms with van der Waals surface area (Å²) in [5, 5.41) is 0. The van der Waals surface area contributed by atoms with Crippen molar-refractivity contribution < 1.29 is 22.0 Å². The number of halogens is 7. The van der Waals surface area contributed by atoms with Crippen LogP contribution in [0, 0.1) is 3.70 Å². The Labute approximate surface area is 103 Å². The van der Waals surface area contributed by atoms with Crippen molar-refractivity contribution in [1.82, 2.24) is 4.98 Å². The molecule has 1 aromatic heterocycles. The summed E-state index contributed by atoms with van der Waals surface area (Å²) in [7, 11) is 0. The third-order valence-corrected chi connectivity index (χ3v) is 2.84. The van der Waals surface area contributed by atoms with Crippen LogP contribution in [0.1, 0.15) is 17.7 Å². The van der Waals surface area contributed by atoms with Crippen LogP contribution >= 0.6 is 38.5 Å². The van der Waals surface area contributed by atoms with Gasteiger partial charge in [0.15, 0.2) is 5.69 Å². The number of alkyl halides is 5. The molecule has 0 aromatic carbocycles. The lowest BCUT2D eigenvalue weighted by Gasteiger charge is -2.11. The lowest BCUT2D eigenvalue weighted by atomic mass is 10.2. The summed E-state index contributed by atoms with van der Waals surface area (Å²) in [6.07, 6.45) is -7.72. The number of hydrogen-bond acceptors (Lipinski definition) is 1. The fourth-order valence-electron chi connectivity index (χ4n) is 0.863. The minimum atomic E-state index is -4.75. The SMILES string of the molecule is FC(F)c1cc(I)nc(C(F)(F)F)c1Br. The molecule has 84 valence electrons. The standard InChI is InChI=1S/C7H2BrF5IN/c8-4-2(6(9)10)1-3(14)15-5(4)7(11,12)13/h1,6H. The summed E-state index contributed by atoms with van der Waals surface area (Å²) < 4.78 is 60.9. The van der Waals surface area contributed by atoms with Crippen LogP contribution in [-0.4, -0.2) is 4.98 Å². The van der Waals surface area contributed by atoms with E-state index in [2.05, 4.69) is 20.9 Å². The van der Waals surface area contributed by atoms with Crippen molar-refractivity contribution in [1.29, 1.82) is 0 Å². The van der Waals surface area contributed by atoms with Crippen molar-refractivity contribution in [2.45, 2.75) is 12.6 Å². The average molecular weight is 402 g/mol. The second kappa shape index (κ2) is 4.48. The van der Waals surface area contributed by atoms with Gasteiger partial charge in [-0.05, 0) is 44.6 Å². The van der Waals surface area contributed by atoms with Crippen LogP contribution in [0.15, 0.2) is 10.5 Å². The highest BCUT2D eigenvalue weighted by Gasteiger charge is 2.37. The maximum atomic E-state index is 12.3. The third-order valence-electron chi connectivity index (χ3n) is 1.46. The van der Waals surface area contributed by atoms with Gasteiger partial charge in [0, 0.05) is 5.56 Å². The summed E-state index contributed by atoms with van der Waals surface area (Å²) in [6, 6.07) is 0.907. The molecule has 0 aliphatic carbocycles. The largest absolute Gasteiger partial charge is 0.434 e. The molecule has 1 nitrogen and oxygen atoms in total. The Morgan fingerprint density at radius 1 is 1.33 bits per heavy atom. The van der Waals surface area contributed by atoms with E-state index in [1.807, 2.05) is 0 Å². The van der Waals surface area contributed by atoms with Crippen LogP contribution in [0.3, 0.4) is 0 Å². The molecule has 8 heteroatoms. The van der Waals surface area contributed by atoms with E-state index in [1.54, 1.807) is 0 Å². The van der Waals surface area contributed by atoms with Crippen molar-refractivity contribution in [2.24, 2.45) is 0 Å². The van der Waals surface area contributed by atoms with E-state index in [4.69, 9.17) is 0 Å². The van der Waals surface area contributed by atoms with Gasteiger partial charge < -0.3 is 0 Å². The van der Waals surface area contributed by atoms with E-state index in [-0.39, 0.29) is 3.70 Å². The smallest absolute Gasteiger partial charge is 0.236 e. The molecule has 0 N–H and O–H groups in total. The van der Waals surface area contributed by atoms with Crippen LogP contribution in [0.25, 0.3) is 0 Å². The molecule has 0 unspecified atom stereocenters. The molecule has 1 aromatic rings. The van der Waals surface area contributed by atoms with Crippen molar-refractivity contribution >= 4 is 38.5 Å². The fourth-order valence-corrected chi connectivity index (χ4v) is 2.04. The quantitative estimate of drug-likeness (QED) is 0.386. The van der Waals surface area contributed by atoms with E-state index in [9.17, 15) is 22.0 Å². The average Bonchev–Trinajstić information content (AvgIpc) is 2.06. The molecule has 1 heterocycles. The number of hydrogen-bond donors (Lipinski definition) is 0. The lowest BCUT2D eigenvalue weighted by molar-refractivity contribution is -0.142. The van der Waals surface area contributed by atoms with Crippen LogP contribution < -0.4 is 0 Å². The monoisotopic (exact) mass is 401 g/mol. The fraction of sp³-hybridized carbons (Fsp3) is 0.286. The molecule has 0 aliphatic heterocycles. The Morgan fingerprint density at radius 2 is 1.87 bits per heavy atom. The summed E-state index contributed by atoms with van der Waals surface area (Å²) in [6.45, 7) is 0. The number of rotatable bonds is 1. The van der Waals surface area contributed by atoms with Crippen molar-refractivity contribution in [3.63, 3.8) is 0 Å². The Kier molecular flexibility index (Phi) is 3.90. The van der Waals surface area contributed by atoms with Gasteiger partial charge in [-0.3, -0.25) is 0 Å². The Hall–Kier alpha value is 0.01000. The van der Waals surface area contributed by atoms with E-state index >= 15 is 0 Å². The van der Waals surface area contributed by atoms with Crippen molar-refractivity contribution in [3.05, 3.63) is 25.5 Å². The molecule has 0 atom stereocenters. The van der Waals surface area contributed by atoms with E-state index in [0.717, 1.165) is 6.07 Å². The predicted molar refractivity (Wildman–Crippen MR) is 54.6 cm³/mol. The highest BCUT2D eigenvalue weighted by atomic mass is 127. The minimum absolute atomic E-state index is 0.126. The van der Waals surface area contributed by atoms with Crippen molar-refractivity contribution in [2.75, 3.05) is 0 Å². The predicted octanol–water partition coefficient (Wildman–Crippen LogP) is 4.41. The second-order valence-corrected chi connectivity index (χ2v) is 4.39. The molecular weight excluding hydrogens is 400 g/mol. The lowest BCUT2D eigenvalue weighted by Crippen LogP contribution is -2.11. The minimum Gasteiger partial charge on any atom is -0.236 e. The molecule has 0 radical (unpaired) electrons. The highest BCUT2D eigenvalue weighted by molar-refractivity contribution is 14.1. The van der Waals surface area contributed by atoms with Gasteiger partial charge >= 0.3 is 6.18 Å². The maximum absolute atomic E-state index is 12.3. The van der Waals surface area contributed by atoms with E-state index in [0.29, 0.717) is 0 Å². The first-order chi connectivity index (χ1) is 6.73. The molecule has 0 aliphatic rings. The Morgan fingerprint density at radius 3 is 2.27 bits per heavy atom. The second-order valence-electron chi connectivity index (χ2n) is 2.50. The van der Waals surface area contributed by atoms with Crippen LogP contribution in [0.2, 0.25) is 0 Å². The van der Waals surface area contributed by atoms with Gasteiger partial charge in [0.25, 0.3) is 6.43 Å². The molecule has 0 saturated carbocycles. The number of aromatic nitrogens is 1. The van der Waals surface area contributed by atoms with Gasteiger partial charge in [0.1, 0.15) is 3.70 Å². The summed E-state index contributed by atoms with van der Waals surface area (Å²) in [5.74, 6) is 0. The molecular formula is C7H2BrF5IN. The zero-order valence-electron chi connectivity index (χ0n) is 6.75. The van der Waals surface area contributed by atoms with Crippen LogP contribution in [-0.2, 0) is 6.18 Å². The maximum Gasteiger partial charge on any atom is 0.434 e. The molecule has 0 saturated heterocycles. The Balaban J connectivity index is 3.42. The molecule has 15 heavy (non-hydrogen) atoms. The molecule has 0 bridgehead atoms. The van der Waals surface area contributed by atoms with Crippen molar-refractivity contribution in [3.8, 4) is 0 Å². The van der Waals surface area contributed by atoms with Crippen LogP contribution in [0.5, 0.6) is 0 Å². The molecule has 0 amide bonds. The Bertz CT molecular complexity index is 378. The van der Waals surface area contributed by atoms with Gasteiger partial charge in [-0.25, -0.2) is 13.8 Å². The molecule has 0 fully saturated rings. The molecule has 0 spiro atoms. The van der Waals surface area contributed by atoms with Gasteiger partial charge in [0.05, 0.1) is 4.47 Å². The van der Waals surface area contributed by atoms with Crippen LogP contribution in [0.4, 0.5) is 22.0 Å². The highest BCUT2D eigenvalue weighted by Crippen LogP contribution is 2.38. The van der Waals surface area contributed by atoms with E-state index in [1.165, 1.54) is 22.6 Å². The molecule has 1 rings (SSSR count). The zero-order valence-corrected chi connectivity index (χ0v) is 10.5. The third kappa shape index (κ3) is 2.99. The first-order valence-corrected chi connectivity index (χ1v) is 5.32. The first kappa shape index (κ1) is 13.1. The van der Waals surface area contributed by atoms with Gasteiger partial charge in [-0.1, -0.05) is 0 Å². The number of nitrogens with zero attached hydrogens (tertiary/aromatic N) is 1.